The van der Waals surface area contributed by atoms with Crippen LogP contribution in [0.4, 0.5) is 11.8 Å². The maximum atomic E-state index is 4.63. The molecule has 18 heavy (non-hydrogen) atoms. The van der Waals surface area contributed by atoms with Gasteiger partial charge in [-0.05, 0) is 31.7 Å². The van der Waals surface area contributed by atoms with Crippen LogP contribution in [-0.4, -0.2) is 29.1 Å². The van der Waals surface area contributed by atoms with Crippen LogP contribution in [0.15, 0.2) is 12.3 Å². The van der Waals surface area contributed by atoms with Crippen LogP contribution in [0.1, 0.15) is 46.0 Å². The van der Waals surface area contributed by atoms with Crippen LogP contribution in [0.3, 0.4) is 0 Å². The summed E-state index contributed by atoms with van der Waals surface area (Å²) in [6.45, 7) is 6.43. The summed E-state index contributed by atoms with van der Waals surface area (Å²) in [7, 11) is 0. The van der Waals surface area contributed by atoms with E-state index in [4.69, 9.17) is 0 Å². The third-order valence-electron chi connectivity index (χ3n) is 3.21. The van der Waals surface area contributed by atoms with Gasteiger partial charge in [0.15, 0.2) is 0 Å². The van der Waals surface area contributed by atoms with Gasteiger partial charge in [-0.3, -0.25) is 0 Å². The van der Waals surface area contributed by atoms with Gasteiger partial charge in [-0.1, -0.05) is 20.3 Å². The Hall–Kier alpha value is -1.32. The summed E-state index contributed by atoms with van der Waals surface area (Å²) in [6, 6.07) is 2.75. The molecule has 1 aromatic heterocycles. The van der Waals surface area contributed by atoms with E-state index in [0.29, 0.717) is 6.04 Å². The highest BCUT2D eigenvalue weighted by Crippen LogP contribution is 2.31. The molecule has 0 amide bonds. The van der Waals surface area contributed by atoms with Crippen LogP contribution in [0.5, 0.6) is 0 Å². The van der Waals surface area contributed by atoms with Gasteiger partial charge in [0.25, 0.3) is 0 Å². The van der Waals surface area contributed by atoms with Crippen LogP contribution < -0.4 is 10.2 Å². The van der Waals surface area contributed by atoms with E-state index in [9.17, 15) is 0 Å². The third-order valence-corrected chi connectivity index (χ3v) is 3.21. The standard InChI is InChI=1S/C14H24N4/c1-3-5-11-18(12-6-7-12)13-8-10-16-14(17-13)15-9-4-2/h8,10,12H,3-7,9,11H2,1-2H3,(H,15,16,17). The molecule has 1 fully saturated rings. The van der Waals surface area contributed by atoms with Crippen LogP contribution in [0, 0.1) is 0 Å². The highest BCUT2D eigenvalue weighted by atomic mass is 15.3. The molecular weight excluding hydrogens is 224 g/mol. The number of hydrogen-bond acceptors (Lipinski definition) is 4. The van der Waals surface area contributed by atoms with Crippen LogP contribution >= 0.6 is 0 Å². The summed E-state index contributed by atoms with van der Waals surface area (Å²) in [4.78, 5) is 11.3. The summed E-state index contributed by atoms with van der Waals surface area (Å²) < 4.78 is 0. The van der Waals surface area contributed by atoms with Gasteiger partial charge in [-0.15, -0.1) is 0 Å². The molecule has 1 aliphatic carbocycles. The molecular formula is C14H24N4. The van der Waals surface area contributed by atoms with Crippen molar-refractivity contribution in [3.63, 3.8) is 0 Å². The predicted octanol–water partition coefficient (Wildman–Crippen LogP) is 3.07. The molecule has 4 heteroatoms. The molecule has 2 rings (SSSR count). The van der Waals surface area contributed by atoms with Crippen molar-refractivity contribution in [3.8, 4) is 0 Å². The molecule has 1 aliphatic rings. The van der Waals surface area contributed by atoms with E-state index >= 15 is 0 Å². The maximum absolute atomic E-state index is 4.63. The zero-order chi connectivity index (χ0) is 12.8. The summed E-state index contributed by atoms with van der Waals surface area (Å²) in [5, 5.41) is 3.26. The van der Waals surface area contributed by atoms with E-state index in [-0.39, 0.29) is 0 Å². The van der Waals surface area contributed by atoms with Gasteiger partial charge in [-0.25, -0.2) is 4.98 Å². The molecule has 1 N–H and O–H groups in total. The van der Waals surface area contributed by atoms with Crippen molar-refractivity contribution in [3.05, 3.63) is 12.3 Å². The second-order valence-electron chi connectivity index (χ2n) is 4.94. The Labute approximate surface area is 110 Å². The van der Waals surface area contributed by atoms with Gasteiger partial charge in [0.05, 0.1) is 0 Å². The molecule has 0 aromatic carbocycles. The summed E-state index contributed by atoms with van der Waals surface area (Å²) in [6.07, 6.45) is 8.04. The van der Waals surface area contributed by atoms with Crippen molar-refractivity contribution in [1.29, 1.82) is 0 Å². The molecule has 0 atom stereocenters. The Morgan fingerprint density at radius 2 is 2.17 bits per heavy atom. The van der Waals surface area contributed by atoms with Gasteiger partial charge in [-0.2, -0.15) is 4.98 Å². The normalized spacial score (nSPS) is 14.6. The number of aromatic nitrogens is 2. The summed E-state index contributed by atoms with van der Waals surface area (Å²) in [5.41, 5.74) is 0. The van der Waals surface area contributed by atoms with Crippen molar-refractivity contribution in [2.24, 2.45) is 0 Å². The lowest BCUT2D eigenvalue weighted by atomic mass is 10.3. The molecule has 0 bridgehead atoms. The van der Waals surface area contributed by atoms with Crippen molar-refractivity contribution in [2.75, 3.05) is 23.3 Å². The summed E-state index contributed by atoms with van der Waals surface area (Å²) >= 11 is 0. The van der Waals surface area contributed by atoms with Gasteiger partial charge >= 0.3 is 0 Å². The molecule has 0 radical (unpaired) electrons. The first-order chi connectivity index (χ1) is 8.85. The Morgan fingerprint density at radius 3 is 2.83 bits per heavy atom. The molecule has 100 valence electrons. The zero-order valence-corrected chi connectivity index (χ0v) is 11.5. The van der Waals surface area contributed by atoms with Gasteiger partial charge < -0.3 is 10.2 Å². The van der Waals surface area contributed by atoms with Crippen LogP contribution in [0.25, 0.3) is 0 Å². The van der Waals surface area contributed by atoms with Crippen molar-refractivity contribution >= 4 is 11.8 Å². The molecule has 1 saturated carbocycles. The Kier molecular flexibility index (Phi) is 4.79. The monoisotopic (exact) mass is 248 g/mol. The van der Waals surface area contributed by atoms with Gasteiger partial charge in [0, 0.05) is 25.3 Å². The Bertz CT molecular complexity index is 363. The largest absolute Gasteiger partial charge is 0.354 e. The van der Waals surface area contributed by atoms with E-state index < -0.39 is 0 Å². The fraction of sp³-hybridized carbons (Fsp3) is 0.714. The second kappa shape index (κ2) is 6.57. The second-order valence-corrected chi connectivity index (χ2v) is 4.94. The highest BCUT2D eigenvalue weighted by Gasteiger charge is 2.29. The maximum Gasteiger partial charge on any atom is 0.224 e. The van der Waals surface area contributed by atoms with Crippen molar-refractivity contribution in [1.82, 2.24) is 9.97 Å². The molecule has 0 aliphatic heterocycles. The van der Waals surface area contributed by atoms with E-state index in [1.54, 1.807) is 0 Å². The first kappa shape index (κ1) is 13.1. The molecule has 0 saturated heterocycles. The molecule has 0 spiro atoms. The highest BCUT2D eigenvalue weighted by molar-refractivity contribution is 5.44. The average Bonchev–Trinajstić information content (AvgIpc) is 3.22. The quantitative estimate of drug-likeness (QED) is 0.767. The smallest absolute Gasteiger partial charge is 0.224 e. The SMILES string of the molecule is CCCCN(c1ccnc(NCCC)n1)C1CC1. The van der Waals surface area contributed by atoms with E-state index in [2.05, 4.69) is 34.0 Å². The number of rotatable bonds is 8. The Morgan fingerprint density at radius 1 is 1.33 bits per heavy atom. The van der Waals surface area contributed by atoms with E-state index in [1.165, 1.54) is 25.7 Å². The van der Waals surface area contributed by atoms with Gasteiger partial charge in [0.1, 0.15) is 5.82 Å². The topological polar surface area (TPSA) is 41.1 Å². The average molecular weight is 248 g/mol. The summed E-state index contributed by atoms with van der Waals surface area (Å²) in [5.74, 6) is 1.84. The third kappa shape index (κ3) is 3.59. The minimum Gasteiger partial charge on any atom is -0.354 e. The number of nitrogens with zero attached hydrogens (tertiary/aromatic N) is 3. The lowest BCUT2D eigenvalue weighted by Crippen LogP contribution is -2.28. The molecule has 1 aromatic rings. The fourth-order valence-corrected chi connectivity index (χ4v) is 2.03. The van der Waals surface area contributed by atoms with E-state index in [1.807, 2.05) is 12.3 Å². The van der Waals surface area contributed by atoms with Crippen LogP contribution in [-0.2, 0) is 0 Å². The minimum atomic E-state index is 0.713. The fourth-order valence-electron chi connectivity index (χ4n) is 2.03. The lowest BCUT2D eigenvalue weighted by Gasteiger charge is -2.23. The van der Waals surface area contributed by atoms with Crippen molar-refractivity contribution < 1.29 is 0 Å². The van der Waals surface area contributed by atoms with Gasteiger partial charge in [0.2, 0.25) is 5.95 Å². The minimum absolute atomic E-state index is 0.713. The predicted molar refractivity (Wildman–Crippen MR) is 76.1 cm³/mol. The number of unbranched alkanes of at least 4 members (excludes halogenated alkanes) is 1. The Balaban J connectivity index is 2.03. The first-order valence-electron chi connectivity index (χ1n) is 7.18. The number of anilines is 2. The van der Waals surface area contributed by atoms with Crippen LogP contribution in [0.2, 0.25) is 0 Å². The first-order valence-corrected chi connectivity index (χ1v) is 7.18. The van der Waals surface area contributed by atoms with E-state index in [0.717, 1.165) is 31.3 Å². The molecule has 4 nitrogen and oxygen atoms in total. The van der Waals surface area contributed by atoms with Crippen molar-refractivity contribution in [2.45, 2.75) is 52.0 Å². The number of nitrogens with one attached hydrogen (secondary N) is 1. The lowest BCUT2D eigenvalue weighted by molar-refractivity contribution is 0.703. The molecule has 1 heterocycles. The number of hydrogen-bond donors (Lipinski definition) is 1. The zero-order valence-electron chi connectivity index (χ0n) is 11.5. The molecule has 0 unspecified atom stereocenters.